The standard InChI is InChI=1S/C21H19NO3S/c1-15-13-22-21(26-15)18(12-20(23)24)11-16-7-9-19(10-8-16)25-14-17-5-3-2-4-6-17/h2-10,12-13H,11,14H2,1H3,(H,23,24). The molecule has 0 amide bonds. The van der Waals surface area contributed by atoms with Gasteiger partial charge in [-0.25, -0.2) is 9.78 Å². The van der Waals surface area contributed by atoms with Gasteiger partial charge in [-0.05, 0) is 35.8 Å². The predicted octanol–water partition coefficient (Wildman–Crippen LogP) is 4.74. The zero-order valence-electron chi connectivity index (χ0n) is 14.4. The van der Waals surface area contributed by atoms with Crippen molar-refractivity contribution >= 4 is 22.9 Å². The van der Waals surface area contributed by atoms with E-state index in [-0.39, 0.29) is 0 Å². The normalized spacial score (nSPS) is 11.3. The lowest BCUT2D eigenvalue weighted by Gasteiger charge is -2.08. The number of carboxylic acids is 1. The van der Waals surface area contributed by atoms with E-state index in [2.05, 4.69) is 4.98 Å². The highest BCUT2D eigenvalue weighted by molar-refractivity contribution is 7.12. The summed E-state index contributed by atoms with van der Waals surface area (Å²) >= 11 is 1.50. The van der Waals surface area contributed by atoms with Crippen molar-refractivity contribution in [2.75, 3.05) is 0 Å². The molecular weight excluding hydrogens is 346 g/mol. The van der Waals surface area contributed by atoms with Crippen LogP contribution in [-0.2, 0) is 17.8 Å². The van der Waals surface area contributed by atoms with Crippen LogP contribution in [0.4, 0.5) is 0 Å². The molecule has 26 heavy (non-hydrogen) atoms. The molecule has 0 radical (unpaired) electrons. The van der Waals surface area contributed by atoms with Gasteiger partial charge in [-0.1, -0.05) is 42.5 Å². The number of aryl methyl sites for hydroxylation is 1. The van der Waals surface area contributed by atoms with Crippen LogP contribution in [0.15, 0.2) is 66.9 Å². The zero-order valence-corrected chi connectivity index (χ0v) is 15.2. The minimum absolute atomic E-state index is 0.512. The number of thiazole rings is 1. The first-order valence-electron chi connectivity index (χ1n) is 8.22. The SMILES string of the molecule is Cc1cnc(C(=CC(=O)O)Cc2ccc(OCc3ccccc3)cc2)s1. The van der Waals surface area contributed by atoms with Gasteiger partial charge in [0.2, 0.25) is 0 Å². The maximum Gasteiger partial charge on any atom is 0.328 e. The molecule has 0 fully saturated rings. The van der Waals surface area contributed by atoms with E-state index in [1.54, 1.807) is 6.20 Å². The Balaban J connectivity index is 1.68. The summed E-state index contributed by atoms with van der Waals surface area (Å²) in [5.41, 5.74) is 2.83. The van der Waals surface area contributed by atoms with E-state index >= 15 is 0 Å². The summed E-state index contributed by atoms with van der Waals surface area (Å²) in [5, 5.41) is 9.88. The van der Waals surface area contributed by atoms with Crippen molar-refractivity contribution in [2.24, 2.45) is 0 Å². The lowest BCUT2D eigenvalue weighted by molar-refractivity contribution is -0.131. The van der Waals surface area contributed by atoms with Gasteiger partial charge < -0.3 is 9.84 Å². The largest absolute Gasteiger partial charge is 0.489 e. The maximum absolute atomic E-state index is 11.1. The topological polar surface area (TPSA) is 59.4 Å². The van der Waals surface area contributed by atoms with Gasteiger partial charge in [-0.15, -0.1) is 11.3 Å². The molecule has 0 aliphatic heterocycles. The molecule has 0 aliphatic carbocycles. The Labute approximate surface area is 156 Å². The molecule has 1 heterocycles. The highest BCUT2D eigenvalue weighted by Crippen LogP contribution is 2.25. The van der Waals surface area contributed by atoms with Crippen molar-refractivity contribution in [3.05, 3.63) is 87.9 Å². The van der Waals surface area contributed by atoms with Crippen molar-refractivity contribution in [1.82, 2.24) is 4.98 Å². The molecule has 0 aliphatic rings. The molecule has 3 rings (SSSR count). The number of carboxylic acid groups (broad SMARTS) is 1. The number of nitrogens with zero attached hydrogens (tertiary/aromatic N) is 1. The molecule has 0 bridgehead atoms. The van der Waals surface area contributed by atoms with Gasteiger partial charge in [0.1, 0.15) is 17.4 Å². The third-order valence-corrected chi connectivity index (χ3v) is 4.75. The Morgan fingerprint density at radius 1 is 1.12 bits per heavy atom. The van der Waals surface area contributed by atoms with Gasteiger partial charge >= 0.3 is 5.97 Å². The number of benzene rings is 2. The maximum atomic E-state index is 11.1. The van der Waals surface area contributed by atoms with Crippen LogP contribution >= 0.6 is 11.3 Å². The molecule has 3 aromatic rings. The number of hydrogen-bond acceptors (Lipinski definition) is 4. The summed E-state index contributed by atoms with van der Waals surface area (Å²) < 4.78 is 5.79. The quantitative estimate of drug-likeness (QED) is 0.614. The molecule has 132 valence electrons. The summed E-state index contributed by atoms with van der Waals surface area (Å²) in [6, 6.07) is 17.7. The van der Waals surface area contributed by atoms with E-state index in [0.717, 1.165) is 26.8 Å². The number of aromatic nitrogens is 1. The van der Waals surface area contributed by atoms with Crippen molar-refractivity contribution < 1.29 is 14.6 Å². The molecule has 4 nitrogen and oxygen atoms in total. The minimum atomic E-state index is -0.962. The van der Waals surface area contributed by atoms with Crippen molar-refractivity contribution in [3.8, 4) is 5.75 Å². The molecular formula is C21H19NO3S. The van der Waals surface area contributed by atoms with Gasteiger partial charge in [-0.2, -0.15) is 0 Å². The summed E-state index contributed by atoms with van der Waals surface area (Å²) in [6.07, 6.45) is 3.51. The number of carbonyl (C=O) groups is 1. The van der Waals surface area contributed by atoms with E-state index in [4.69, 9.17) is 9.84 Å². The van der Waals surface area contributed by atoms with Crippen LogP contribution in [-0.4, -0.2) is 16.1 Å². The van der Waals surface area contributed by atoms with Crippen LogP contribution in [0.1, 0.15) is 21.0 Å². The lowest BCUT2D eigenvalue weighted by atomic mass is 10.1. The number of rotatable bonds is 7. The molecule has 0 atom stereocenters. The first kappa shape index (κ1) is 17.9. The Hall–Kier alpha value is -2.92. The molecule has 0 unspecified atom stereocenters. The average Bonchev–Trinajstić information content (AvgIpc) is 3.07. The Morgan fingerprint density at radius 3 is 2.46 bits per heavy atom. The van der Waals surface area contributed by atoms with E-state index in [1.807, 2.05) is 61.5 Å². The van der Waals surface area contributed by atoms with Gasteiger partial charge in [0.05, 0.1) is 0 Å². The highest BCUT2D eigenvalue weighted by atomic mass is 32.1. The number of aliphatic carboxylic acids is 1. The molecule has 1 aromatic heterocycles. The Morgan fingerprint density at radius 2 is 1.85 bits per heavy atom. The third-order valence-electron chi connectivity index (χ3n) is 3.76. The van der Waals surface area contributed by atoms with E-state index in [1.165, 1.54) is 17.4 Å². The van der Waals surface area contributed by atoms with Crippen LogP contribution in [0.5, 0.6) is 5.75 Å². The molecule has 5 heteroatoms. The highest BCUT2D eigenvalue weighted by Gasteiger charge is 2.10. The number of ether oxygens (including phenoxy) is 1. The van der Waals surface area contributed by atoms with Crippen LogP contribution in [0.2, 0.25) is 0 Å². The van der Waals surface area contributed by atoms with Gasteiger partial charge in [0.25, 0.3) is 0 Å². The van der Waals surface area contributed by atoms with Crippen LogP contribution in [0, 0.1) is 6.92 Å². The summed E-state index contributed by atoms with van der Waals surface area (Å²) in [7, 11) is 0. The fourth-order valence-corrected chi connectivity index (χ4v) is 3.28. The van der Waals surface area contributed by atoms with Gasteiger partial charge in [-0.3, -0.25) is 0 Å². The molecule has 0 spiro atoms. The fourth-order valence-electron chi connectivity index (χ4n) is 2.50. The smallest absolute Gasteiger partial charge is 0.328 e. The van der Waals surface area contributed by atoms with Gasteiger partial charge in [0.15, 0.2) is 0 Å². The van der Waals surface area contributed by atoms with Crippen LogP contribution < -0.4 is 4.74 Å². The first-order valence-corrected chi connectivity index (χ1v) is 9.04. The molecule has 0 saturated heterocycles. The van der Waals surface area contributed by atoms with E-state index < -0.39 is 5.97 Å². The second-order valence-electron chi connectivity index (χ2n) is 5.88. The third kappa shape index (κ3) is 5.04. The summed E-state index contributed by atoms with van der Waals surface area (Å²) in [5.74, 6) is -0.179. The zero-order chi connectivity index (χ0) is 18.4. The van der Waals surface area contributed by atoms with Crippen LogP contribution in [0.25, 0.3) is 5.57 Å². The Kier molecular flexibility index (Phi) is 5.81. The summed E-state index contributed by atoms with van der Waals surface area (Å²) in [4.78, 5) is 16.5. The Bertz CT molecular complexity index is 899. The van der Waals surface area contributed by atoms with Crippen LogP contribution in [0.3, 0.4) is 0 Å². The second-order valence-corrected chi connectivity index (χ2v) is 7.11. The molecule has 2 aromatic carbocycles. The van der Waals surface area contributed by atoms with E-state index in [9.17, 15) is 4.79 Å². The van der Waals surface area contributed by atoms with Gasteiger partial charge in [0, 0.05) is 23.6 Å². The monoisotopic (exact) mass is 365 g/mol. The lowest BCUT2D eigenvalue weighted by Crippen LogP contribution is -1.97. The minimum Gasteiger partial charge on any atom is -0.489 e. The second kappa shape index (κ2) is 8.45. The van der Waals surface area contributed by atoms with Crippen molar-refractivity contribution in [2.45, 2.75) is 20.0 Å². The first-order chi connectivity index (χ1) is 12.6. The fraction of sp³-hybridized carbons (Fsp3) is 0.143. The van der Waals surface area contributed by atoms with Crippen molar-refractivity contribution in [3.63, 3.8) is 0 Å². The predicted molar refractivity (Wildman–Crippen MR) is 103 cm³/mol. The summed E-state index contributed by atoms with van der Waals surface area (Å²) in [6.45, 7) is 2.47. The molecule has 0 saturated carbocycles. The average molecular weight is 365 g/mol. The van der Waals surface area contributed by atoms with E-state index in [0.29, 0.717) is 18.6 Å². The number of hydrogen-bond donors (Lipinski definition) is 1. The van der Waals surface area contributed by atoms with Crippen molar-refractivity contribution in [1.29, 1.82) is 0 Å². The number of allylic oxidation sites excluding steroid dienone is 1. The molecule has 1 N–H and O–H groups in total.